The van der Waals surface area contributed by atoms with Crippen molar-refractivity contribution < 1.29 is 22.7 Å². The lowest BCUT2D eigenvalue weighted by atomic mass is 9.98. The number of ether oxygens (including phenoxy) is 2. The Hall–Kier alpha value is -5.09. The van der Waals surface area contributed by atoms with Crippen LogP contribution in [-0.4, -0.2) is 20.4 Å². The summed E-state index contributed by atoms with van der Waals surface area (Å²) in [5.74, 6) is 2.76. The molecule has 0 atom stereocenters. The van der Waals surface area contributed by atoms with Gasteiger partial charge in [0.2, 0.25) is 5.88 Å². The molecule has 7 heteroatoms. The van der Waals surface area contributed by atoms with Gasteiger partial charge in [-0.05, 0) is 78.4 Å². The largest absolute Gasteiger partial charge is 0.497 e. The number of rotatable bonds is 7. The van der Waals surface area contributed by atoms with Crippen LogP contribution in [0.25, 0.3) is 33.8 Å². The van der Waals surface area contributed by atoms with Crippen LogP contribution in [-0.2, 0) is 0 Å². The molecule has 2 heterocycles. The topological polar surface area (TPSA) is 80.9 Å². The summed E-state index contributed by atoms with van der Waals surface area (Å²) in [5, 5.41) is 10.1. The predicted molar refractivity (Wildman–Crippen MR) is 139 cm³/mol. The van der Waals surface area contributed by atoms with Crippen molar-refractivity contribution in [2.45, 2.75) is 0 Å². The first kappa shape index (κ1) is 23.6. The van der Waals surface area contributed by atoms with Gasteiger partial charge in [0, 0.05) is 16.7 Å². The first-order valence-electron chi connectivity index (χ1n) is 11.3. The highest BCUT2D eigenvalue weighted by molar-refractivity contribution is 5.89. The average Bonchev–Trinajstić information content (AvgIpc) is 3.57. The summed E-state index contributed by atoms with van der Waals surface area (Å²) in [6.07, 6.45) is 1.49. The molecule has 0 aliphatic carbocycles. The van der Waals surface area contributed by atoms with E-state index in [1.807, 2.05) is 48.5 Å². The van der Waals surface area contributed by atoms with E-state index >= 15 is 0 Å². The Labute approximate surface area is 212 Å². The molecule has 0 radical (unpaired) electrons. The summed E-state index contributed by atoms with van der Waals surface area (Å²) in [6.45, 7) is 0. The van der Waals surface area contributed by atoms with Crippen LogP contribution in [0.4, 0.5) is 10.3 Å². The van der Waals surface area contributed by atoms with E-state index < -0.39 is 0 Å². The molecule has 0 aliphatic rings. The van der Waals surface area contributed by atoms with Crippen molar-refractivity contribution in [1.29, 1.82) is 5.26 Å². The summed E-state index contributed by atoms with van der Waals surface area (Å²) in [6, 6.07) is 26.5. The van der Waals surface area contributed by atoms with Crippen LogP contribution >= 0.6 is 0 Å². The normalized spacial score (nSPS) is 11.0. The van der Waals surface area contributed by atoms with Gasteiger partial charge in [0.15, 0.2) is 0 Å². The van der Waals surface area contributed by atoms with E-state index in [2.05, 4.69) is 11.1 Å². The number of hydrogen-bond donors (Lipinski definition) is 0. The lowest BCUT2D eigenvalue weighted by molar-refractivity contribution is 0.414. The highest BCUT2D eigenvalue weighted by Gasteiger charge is 2.23. The lowest BCUT2D eigenvalue weighted by Crippen LogP contribution is -1.86. The molecule has 3 aromatic carbocycles. The molecule has 0 saturated heterocycles. The molecule has 0 unspecified atom stereocenters. The zero-order valence-electron chi connectivity index (χ0n) is 20.1. The molecule has 0 aliphatic heterocycles. The molecule has 0 spiro atoms. The van der Waals surface area contributed by atoms with Crippen molar-refractivity contribution in [2.75, 3.05) is 14.2 Å². The lowest BCUT2D eigenvalue weighted by Gasteiger charge is -2.06. The summed E-state index contributed by atoms with van der Waals surface area (Å²) >= 11 is 0. The highest BCUT2D eigenvalue weighted by Crippen LogP contribution is 2.43. The molecule has 5 aromatic rings. The molecule has 0 N–H and O–H groups in total. The second-order valence-electron chi connectivity index (χ2n) is 8.02. The summed E-state index contributed by atoms with van der Waals surface area (Å²) in [7, 11) is 3.20. The number of benzene rings is 3. The Kier molecular flexibility index (Phi) is 6.56. The first-order chi connectivity index (χ1) is 18.1. The first-order valence-corrected chi connectivity index (χ1v) is 11.3. The van der Waals surface area contributed by atoms with Crippen LogP contribution in [0, 0.1) is 17.1 Å². The maximum atomic E-state index is 13.2. The standard InChI is InChI=1S/C30H21FN2O4/c1-34-23-11-5-20(6-12-23)28-26(17-32)30(37-29(28)21-7-13-24(35-2)14-8-21)33-18-25-15-16-27(36-25)19-3-9-22(31)10-4-19/h3-16,18H,1-2H3/b33-18+. The maximum Gasteiger partial charge on any atom is 0.238 e. The van der Waals surface area contributed by atoms with Crippen molar-refractivity contribution >= 4 is 12.1 Å². The monoisotopic (exact) mass is 492 g/mol. The Morgan fingerprint density at radius 2 is 1.35 bits per heavy atom. The van der Waals surface area contributed by atoms with Gasteiger partial charge in [0.25, 0.3) is 0 Å². The minimum absolute atomic E-state index is 0.152. The molecule has 0 saturated carbocycles. The molecule has 0 bridgehead atoms. The molecular weight excluding hydrogens is 471 g/mol. The van der Waals surface area contributed by atoms with E-state index in [4.69, 9.17) is 18.3 Å². The minimum atomic E-state index is -0.320. The number of aliphatic imine (C=N–C) groups is 1. The van der Waals surface area contributed by atoms with Gasteiger partial charge in [0.05, 0.1) is 20.4 Å². The van der Waals surface area contributed by atoms with Crippen molar-refractivity contribution in [2.24, 2.45) is 4.99 Å². The predicted octanol–water partition coefficient (Wildman–Crippen LogP) is 7.65. The van der Waals surface area contributed by atoms with Crippen molar-refractivity contribution in [3.8, 4) is 51.3 Å². The quantitative estimate of drug-likeness (QED) is 0.218. The van der Waals surface area contributed by atoms with Gasteiger partial charge in [-0.15, -0.1) is 0 Å². The Morgan fingerprint density at radius 1 is 0.757 bits per heavy atom. The number of nitriles is 1. The Bertz CT molecular complexity index is 1590. The van der Waals surface area contributed by atoms with Gasteiger partial charge in [0.1, 0.15) is 46.2 Å². The SMILES string of the molecule is COc1ccc(-c2oc(/N=C/c3ccc(-c4ccc(F)cc4)o3)c(C#N)c2-c2ccc(OC)cc2)cc1. The third-order valence-electron chi connectivity index (χ3n) is 5.80. The molecule has 6 nitrogen and oxygen atoms in total. The fourth-order valence-corrected chi connectivity index (χ4v) is 3.91. The zero-order chi connectivity index (χ0) is 25.8. The number of hydrogen-bond acceptors (Lipinski definition) is 6. The van der Waals surface area contributed by atoms with E-state index in [-0.39, 0.29) is 17.3 Å². The fourth-order valence-electron chi connectivity index (χ4n) is 3.91. The summed E-state index contributed by atoms with van der Waals surface area (Å²) < 4.78 is 35.8. The van der Waals surface area contributed by atoms with Gasteiger partial charge in [-0.2, -0.15) is 5.26 Å². The van der Waals surface area contributed by atoms with Crippen LogP contribution in [0.15, 0.2) is 98.8 Å². The van der Waals surface area contributed by atoms with E-state index in [0.717, 1.165) is 16.7 Å². The van der Waals surface area contributed by atoms with Gasteiger partial charge in [-0.1, -0.05) is 12.1 Å². The van der Waals surface area contributed by atoms with Crippen LogP contribution < -0.4 is 9.47 Å². The van der Waals surface area contributed by atoms with Crippen LogP contribution in [0.1, 0.15) is 11.3 Å². The third-order valence-corrected chi connectivity index (χ3v) is 5.80. The third kappa shape index (κ3) is 4.86. The molecule has 2 aromatic heterocycles. The second-order valence-corrected chi connectivity index (χ2v) is 8.02. The summed E-state index contributed by atoms with van der Waals surface area (Å²) in [5.41, 5.74) is 3.19. The van der Waals surface area contributed by atoms with Gasteiger partial charge in [-0.25, -0.2) is 9.38 Å². The number of nitrogens with zero attached hydrogens (tertiary/aromatic N) is 2. The van der Waals surface area contributed by atoms with Crippen molar-refractivity contribution in [3.63, 3.8) is 0 Å². The van der Waals surface area contributed by atoms with Crippen LogP contribution in [0.2, 0.25) is 0 Å². The van der Waals surface area contributed by atoms with Gasteiger partial charge in [-0.3, -0.25) is 0 Å². The molecular formula is C30H21FN2O4. The number of halogens is 1. The van der Waals surface area contributed by atoms with Gasteiger partial charge >= 0.3 is 0 Å². The number of methoxy groups -OCH3 is 2. The molecule has 182 valence electrons. The maximum absolute atomic E-state index is 13.2. The molecule has 5 rings (SSSR count). The Balaban J connectivity index is 1.56. The smallest absolute Gasteiger partial charge is 0.238 e. The zero-order valence-corrected chi connectivity index (χ0v) is 20.1. The summed E-state index contributed by atoms with van der Waals surface area (Å²) in [4.78, 5) is 4.45. The van der Waals surface area contributed by atoms with Crippen molar-refractivity contribution in [3.05, 3.63) is 102 Å². The number of furan rings is 2. The van der Waals surface area contributed by atoms with E-state index in [9.17, 15) is 9.65 Å². The van der Waals surface area contributed by atoms with E-state index in [1.54, 1.807) is 38.5 Å². The average molecular weight is 493 g/mol. The van der Waals surface area contributed by atoms with Gasteiger partial charge < -0.3 is 18.3 Å². The van der Waals surface area contributed by atoms with Crippen LogP contribution in [0.5, 0.6) is 11.5 Å². The highest BCUT2D eigenvalue weighted by atomic mass is 19.1. The molecule has 37 heavy (non-hydrogen) atoms. The van der Waals surface area contributed by atoms with E-state index in [1.165, 1.54) is 18.3 Å². The van der Waals surface area contributed by atoms with E-state index in [0.29, 0.717) is 34.3 Å². The molecule has 0 fully saturated rings. The fraction of sp³-hybridized carbons (Fsp3) is 0.0667. The minimum Gasteiger partial charge on any atom is -0.497 e. The Morgan fingerprint density at radius 3 is 1.95 bits per heavy atom. The van der Waals surface area contributed by atoms with Crippen molar-refractivity contribution in [1.82, 2.24) is 0 Å². The molecule has 0 amide bonds. The second kappa shape index (κ2) is 10.3. The van der Waals surface area contributed by atoms with Crippen LogP contribution in [0.3, 0.4) is 0 Å².